The van der Waals surface area contributed by atoms with Gasteiger partial charge in [-0.2, -0.15) is 13.2 Å². The van der Waals surface area contributed by atoms with Crippen molar-refractivity contribution in [3.8, 4) is 0 Å². The molecule has 0 unspecified atom stereocenters. The molecule has 0 radical (unpaired) electrons. The summed E-state index contributed by atoms with van der Waals surface area (Å²) in [6.45, 7) is 1.31. The summed E-state index contributed by atoms with van der Waals surface area (Å²) in [5.74, 6) is 0. The van der Waals surface area contributed by atoms with Crippen molar-refractivity contribution in [2.45, 2.75) is 12.6 Å². The van der Waals surface area contributed by atoms with Crippen LogP contribution in [0.4, 0.5) is 18.9 Å². The van der Waals surface area contributed by atoms with Gasteiger partial charge in [-0.05, 0) is 31.2 Å². The predicted molar refractivity (Wildman–Crippen MR) is 71.0 cm³/mol. The van der Waals surface area contributed by atoms with Crippen LogP contribution in [0, 0.1) is 0 Å². The minimum atomic E-state index is -4.43. The zero-order valence-electron chi connectivity index (χ0n) is 10.4. The standard InChI is InChI=1S/C13H14ClF3N2/c1-19-6-4-8(5-7-19)11-9(13(15,16)17)2-3-10(14)12(11)18/h2-4H,5-7,18H2,1H3. The molecule has 104 valence electrons. The van der Waals surface area contributed by atoms with Gasteiger partial charge in [0.25, 0.3) is 0 Å². The fourth-order valence-electron chi connectivity index (χ4n) is 2.17. The largest absolute Gasteiger partial charge is 0.417 e. The highest BCUT2D eigenvalue weighted by Gasteiger charge is 2.35. The molecule has 19 heavy (non-hydrogen) atoms. The lowest BCUT2D eigenvalue weighted by Crippen LogP contribution is -2.24. The molecule has 1 aliphatic heterocycles. The van der Waals surface area contributed by atoms with Crippen LogP contribution in [0.5, 0.6) is 0 Å². The zero-order valence-corrected chi connectivity index (χ0v) is 11.1. The summed E-state index contributed by atoms with van der Waals surface area (Å²) >= 11 is 5.85. The topological polar surface area (TPSA) is 29.3 Å². The van der Waals surface area contributed by atoms with E-state index >= 15 is 0 Å². The average Bonchev–Trinajstić information content (AvgIpc) is 2.32. The molecule has 1 heterocycles. The van der Waals surface area contributed by atoms with E-state index in [1.54, 1.807) is 6.08 Å². The number of hydrogen-bond acceptors (Lipinski definition) is 2. The molecule has 6 heteroatoms. The Morgan fingerprint density at radius 1 is 1.32 bits per heavy atom. The van der Waals surface area contributed by atoms with E-state index in [1.807, 2.05) is 11.9 Å². The van der Waals surface area contributed by atoms with Crippen molar-refractivity contribution in [1.82, 2.24) is 4.90 Å². The summed E-state index contributed by atoms with van der Waals surface area (Å²) in [4.78, 5) is 2.03. The summed E-state index contributed by atoms with van der Waals surface area (Å²) in [6.07, 6.45) is -2.12. The molecule has 1 aromatic carbocycles. The van der Waals surface area contributed by atoms with E-state index in [0.29, 0.717) is 25.1 Å². The monoisotopic (exact) mass is 290 g/mol. The highest BCUT2D eigenvalue weighted by molar-refractivity contribution is 6.33. The van der Waals surface area contributed by atoms with Crippen LogP contribution >= 0.6 is 11.6 Å². The van der Waals surface area contributed by atoms with Crippen molar-refractivity contribution in [2.75, 3.05) is 25.9 Å². The summed E-state index contributed by atoms with van der Waals surface area (Å²) in [5.41, 5.74) is 5.70. The number of halogens is 4. The minimum Gasteiger partial charge on any atom is -0.397 e. The third-order valence-corrected chi connectivity index (χ3v) is 3.56. The Kier molecular flexibility index (Phi) is 3.78. The van der Waals surface area contributed by atoms with Crippen molar-refractivity contribution in [3.05, 3.63) is 34.4 Å². The van der Waals surface area contributed by atoms with Gasteiger partial charge in [-0.3, -0.25) is 0 Å². The number of rotatable bonds is 1. The SMILES string of the molecule is CN1CC=C(c2c(C(F)(F)F)ccc(Cl)c2N)CC1. The molecule has 0 atom stereocenters. The van der Waals surface area contributed by atoms with Crippen molar-refractivity contribution in [1.29, 1.82) is 0 Å². The Hall–Kier alpha value is -1.20. The van der Waals surface area contributed by atoms with E-state index < -0.39 is 11.7 Å². The number of benzene rings is 1. The molecular weight excluding hydrogens is 277 g/mol. The molecule has 0 amide bonds. The smallest absolute Gasteiger partial charge is 0.397 e. The zero-order chi connectivity index (χ0) is 14.2. The molecule has 0 spiro atoms. The van der Waals surface area contributed by atoms with Crippen LogP contribution < -0.4 is 5.73 Å². The first-order valence-electron chi connectivity index (χ1n) is 5.84. The number of nitrogens with zero attached hydrogens (tertiary/aromatic N) is 1. The van der Waals surface area contributed by atoms with Gasteiger partial charge in [-0.25, -0.2) is 0 Å². The second-order valence-corrected chi connectivity index (χ2v) is 5.03. The van der Waals surface area contributed by atoms with Gasteiger partial charge in [0.1, 0.15) is 0 Å². The van der Waals surface area contributed by atoms with Crippen LogP contribution in [0.3, 0.4) is 0 Å². The molecule has 0 saturated heterocycles. The summed E-state index contributed by atoms with van der Waals surface area (Å²) in [6, 6.07) is 2.19. The second-order valence-electron chi connectivity index (χ2n) is 4.62. The van der Waals surface area contributed by atoms with Crippen LogP contribution in [-0.4, -0.2) is 25.0 Å². The summed E-state index contributed by atoms with van der Waals surface area (Å²) in [5, 5.41) is 0.155. The molecular formula is C13H14ClF3N2. The third kappa shape index (κ3) is 2.87. The fourth-order valence-corrected chi connectivity index (χ4v) is 2.33. The Bertz CT molecular complexity index is 523. The lowest BCUT2D eigenvalue weighted by Gasteiger charge is -2.25. The van der Waals surface area contributed by atoms with Crippen molar-refractivity contribution < 1.29 is 13.2 Å². The lowest BCUT2D eigenvalue weighted by atomic mass is 9.93. The van der Waals surface area contributed by atoms with Crippen LogP contribution in [0.15, 0.2) is 18.2 Å². The second kappa shape index (κ2) is 5.06. The van der Waals surface area contributed by atoms with Crippen LogP contribution in [0.25, 0.3) is 5.57 Å². The molecule has 0 aliphatic carbocycles. The van der Waals surface area contributed by atoms with Gasteiger partial charge in [-0.1, -0.05) is 17.7 Å². The van der Waals surface area contributed by atoms with Crippen LogP contribution in [0.1, 0.15) is 17.5 Å². The molecule has 2 N–H and O–H groups in total. The number of likely N-dealkylation sites (N-methyl/N-ethyl adjacent to an activating group) is 1. The first-order valence-corrected chi connectivity index (χ1v) is 6.21. The van der Waals surface area contributed by atoms with Gasteiger partial charge in [0.15, 0.2) is 0 Å². The van der Waals surface area contributed by atoms with E-state index in [-0.39, 0.29) is 16.3 Å². The molecule has 0 aromatic heterocycles. The maximum absolute atomic E-state index is 13.1. The molecule has 0 saturated carbocycles. The van der Waals surface area contributed by atoms with Gasteiger partial charge in [0, 0.05) is 18.7 Å². The van der Waals surface area contributed by atoms with E-state index in [1.165, 1.54) is 6.07 Å². The number of alkyl halides is 3. The summed E-state index contributed by atoms with van der Waals surface area (Å²) < 4.78 is 39.2. The van der Waals surface area contributed by atoms with E-state index in [0.717, 1.165) is 6.07 Å². The number of hydrogen-bond donors (Lipinski definition) is 1. The molecule has 0 fully saturated rings. The highest BCUT2D eigenvalue weighted by atomic mass is 35.5. The Balaban J connectivity index is 2.57. The van der Waals surface area contributed by atoms with Crippen LogP contribution in [-0.2, 0) is 6.18 Å². The molecule has 1 aliphatic rings. The first kappa shape index (κ1) is 14.2. The maximum Gasteiger partial charge on any atom is 0.417 e. The Morgan fingerprint density at radius 3 is 2.53 bits per heavy atom. The van der Waals surface area contributed by atoms with E-state index in [9.17, 15) is 13.2 Å². The van der Waals surface area contributed by atoms with Gasteiger partial charge in [0.05, 0.1) is 16.3 Å². The minimum absolute atomic E-state index is 0.00675. The highest BCUT2D eigenvalue weighted by Crippen LogP contribution is 2.41. The lowest BCUT2D eigenvalue weighted by molar-refractivity contribution is -0.137. The normalized spacial score (nSPS) is 17.4. The Labute approximate surface area is 114 Å². The Morgan fingerprint density at radius 2 is 2.00 bits per heavy atom. The molecule has 1 aromatic rings. The fraction of sp³-hybridized carbons (Fsp3) is 0.385. The average molecular weight is 291 g/mol. The number of nitrogen functional groups attached to an aromatic ring is 1. The van der Waals surface area contributed by atoms with Gasteiger partial charge in [0.2, 0.25) is 0 Å². The van der Waals surface area contributed by atoms with E-state index in [4.69, 9.17) is 17.3 Å². The maximum atomic E-state index is 13.1. The number of anilines is 1. The van der Waals surface area contributed by atoms with E-state index in [2.05, 4.69) is 0 Å². The quantitative estimate of drug-likeness (QED) is 0.800. The summed E-state index contributed by atoms with van der Waals surface area (Å²) in [7, 11) is 1.92. The van der Waals surface area contributed by atoms with Crippen molar-refractivity contribution in [3.63, 3.8) is 0 Å². The number of nitrogens with two attached hydrogens (primary N) is 1. The van der Waals surface area contributed by atoms with Gasteiger partial charge >= 0.3 is 6.18 Å². The predicted octanol–water partition coefficient (Wildman–Crippen LogP) is 3.66. The first-order chi connectivity index (χ1) is 8.80. The van der Waals surface area contributed by atoms with Crippen molar-refractivity contribution in [2.24, 2.45) is 0 Å². The van der Waals surface area contributed by atoms with Crippen LogP contribution in [0.2, 0.25) is 5.02 Å². The molecule has 2 nitrogen and oxygen atoms in total. The van der Waals surface area contributed by atoms with Gasteiger partial charge < -0.3 is 10.6 Å². The third-order valence-electron chi connectivity index (χ3n) is 3.23. The van der Waals surface area contributed by atoms with Crippen molar-refractivity contribution >= 4 is 22.9 Å². The molecule has 0 bridgehead atoms. The molecule has 2 rings (SSSR count). The van der Waals surface area contributed by atoms with Gasteiger partial charge in [-0.15, -0.1) is 0 Å².